The summed E-state index contributed by atoms with van der Waals surface area (Å²) in [7, 11) is 0. The van der Waals surface area contributed by atoms with Gasteiger partial charge in [-0.15, -0.1) is 0 Å². The number of hydrogen-bond acceptors (Lipinski definition) is 3. The molecule has 1 aromatic carbocycles. The zero-order valence-electron chi connectivity index (χ0n) is 16.2. The van der Waals surface area contributed by atoms with Gasteiger partial charge in [0, 0.05) is 32.3 Å². The van der Waals surface area contributed by atoms with Crippen molar-refractivity contribution in [3.8, 4) is 0 Å². The highest BCUT2D eigenvalue weighted by molar-refractivity contribution is 5.94. The number of nitrogens with zero attached hydrogens (tertiary/aromatic N) is 3. The van der Waals surface area contributed by atoms with Gasteiger partial charge in [0.1, 0.15) is 11.3 Å². The summed E-state index contributed by atoms with van der Waals surface area (Å²) in [5.41, 5.74) is 5.27. The number of benzene rings is 1. The smallest absolute Gasteiger partial charge is 0.270 e. The van der Waals surface area contributed by atoms with Gasteiger partial charge in [0.2, 0.25) is 5.91 Å². The molecule has 0 radical (unpaired) electrons. The highest BCUT2D eigenvalue weighted by Gasteiger charge is 2.20. The second-order valence-corrected chi connectivity index (χ2v) is 7.35. The van der Waals surface area contributed by atoms with Gasteiger partial charge in [-0.2, -0.15) is 0 Å². The summed E-state index contributed by atoms with van der Waals surface area (Å²) in [6.45, 7) is 5.79. The van der Waals surface area contributed by atoms with E-state index in [9.17, 15) is 9.59 Å². The third-order valence-corrected chi connectivity index (χ3v) is 5.26. The van der Waals surface area contributed by atoms with Crippen LogP contribution in [0.3, 0.4) is 0 Å². The quantitative estimate of drug-likeness (QED) is 0.744. The van der Waals surface area contributed by atoms with E-state index in [0.717, 1.165) is 41.0 Å². The number of carbonyl (C=O) groups excluding carboxylic acids is 2. The zero-order chi connectivity index (χ0) is 19.7. The number of pyridine rings is 1. The molecular weight excluding hydrogens is 352 g/mol. The van der Waals surface area contributed by atoms with Crippen molar-refractivity contribution in [1.29, 1.82) is 0 Å². The average Bonchev–Trinajstić information content (AvgIpc) is 3.24. The van der Waals surface area contributed by atoms with Crippen LogP contribution in [0.1, 0.15) is 45.7 Å². The van der Waals surface area contributed by atoms with Gasteiger partial charge in [0.25, 0.3) is 5.91 Å². The van der Waals surface area contributed by atoms with Crippen molar-refractivity contribution >= 4 is 17.5 Å². The van der Waals surface area contributed by atoms with E-state index in [4.69, 9.17) is 0 Å². The molecule has 28 heavy (non-hydrogen) atoms. The highest BCUT2D eigenvalue weighted by Crippen LogP contribution is 2.16. The van der Waals surface area contributed by atoms with Crippen LogP contribution in [-0.2, 0) is 17.9 Å². The fourth-order valence-corrected chi connectivity index (χ4v) is 3.71. The van der Waals surface area contributed by atoms with Crippen molar-refractivity contribution in [2.45, 2.75) is 39.8 Å². The van der Waals surface area contributed by atoms with Crippen LogP contribution < -0.4 is 5.32 Å². The normalized spacial score (nSPS) is 14.1. The Hall–Kier alpha value is -3.15. The molecule has 6 nitrogen and oxygen atoms in total. The standard InChI is InChI=1S/C22H24N4O2/c1-15-5-3-12-26-20(16(2)24-21(15)26)22(28)23-13-17-7-9-18(10-8-17)14-25-11-4-6-19(25)27/h3,5,7-10,12H,4,6,11,13-14H2,1-2H3,(H,23,28). The van der Waals surface area contributed by atoms with Gasteiger partial charge in [0.05, 0.1) is 5.69 Å². The second kappa shape index (κ2) is 7.46. The van der Waals surface area contributed by atoms with Gasteiger partial charge in [-0.1, -0.05) is 30.3 Å². The number of likely N-dealkylation sites (tertiary alicyclic amines) is 1. The van der Waals surface area contributed by atoms with Crippen LogP contribution in [0, 0.1) is 13.8 Å². The van der Waals surface area contributed by atoms with Crippen LogP contribution in [-0.4, -0.2) is 32.6 Å². The van der Waals surface area contributed by atoms with Crippen LogP contribution in [0.2, 0.25) is 0 Å². The van der Waals surface area contributed by atoms with Gasteiger partial charge in [-0.25, -0.2) is 4.98 Å². The number of aryl methyl sites for hydroxylation is 2. The lowest BCUT2D eigenvalue weighted by Crippen LogP contribution is -2.25. The molecule has 3 aromatic rings. The monoisotopic (exact) mass is 376 g/mol. The third-order valence-electron chi connectivity index (χ3n) is 5.26. The lowest BCUT2D eigenvalue weighted by atomic mass is 10.1. The SMILES string of the molecule is Cc1nc2c(C)cccn2c1C(=O)NCc1ccc(CN2CCCC2=O)cc1. The Morgan fingerprint density at radius 3 is 2.61 bits per heavy atom. The number of rotatable bonds is 5. The van der Waals surface area contributed by atoms with E-state index in [-0.39, 0.29) is 11.8 Å². The van der Waals surface area contributed by atoms with Crippen molar-refractivity contribution in [3.63, 3.8) is 0 Å². The molecular formula is C22H24N4O2. The van der Waals surface area contributed by atoms with Gasteiger partial charge < -0.3 is 10.2 Å². The summed E-state index contributed by atoms with van der Waals surface area (Å²) in [4.78, 5) is 30.9. The molecule has 0 aliphatic carbocycles. The van der Waals surface area contributed by atoms with Crippen molar-refractivity contribution in [1.82, 2.24) is 19.6 Å². The maximum Gasteiger partial charge on any atom is 0.270 e. The Kier molecular flexibility index (Phi) is 4.86. The number of aromatic nitrogens is 2. The molecule has 0 atom stereocenters. The number of hydrogen-bond donors (Lipinski definition) is 1. The molecule has 2 aromatic heterocycles. The predicted molar refractivity (Wildman–Crippen MR) is 107 cm³/mol. The van der Waals surface area contributed by atoms with E-state index in [1.165, 1.54) is 0 Å². The Morgan fingerprint density at radius 1 is 1.14 bits per heavy atom. The first-order valence-corrected chi connectivity index (χ1v) is 9.61. The molecule has 2 amide bonds. The lowest BCUT2D eigenvalue weighted by Gasteiger charge is -2.15. The maximum atomic E-state index is 12.7. The molecule has 3 heterocycles. The predicted octanol–water partition coefficient (Wildman–Crippen LogP) is 3.00. The van der Waals surface area contributed by atoms with Crippen LogP contribution in [0.5, 0.6) is 0 Å². The molecule has 0 spiro atoms. The van der Waals surface area contributed by atoms with E-state index in [0.29, 0.717) is 25.2 Å². The average molecular weight is 376 g/mol. The minimum Gasteiger partial charge on any atom is -0.347 e. The highest BCUT2D eigenvalue weighted by atomic mass is 16.2. The van der Waals surface area contributed by atoms with E-state index in [1.54, 1.807) is 0 Å². The van der Waals surface area contributed by atoms with Crippen LogP contribution in [0.4, 0.5) is 0 Å². The molecule has 6 heteroatoms. The van der Waals surface area contributed by atoms with Gasteiger partial charge in [0.15, 0.2) is 0 Å². The lowest BCUT2D eigenvalue weighted by molar-refractivity contribution is -0.128. The first kappa shape index (κ1) is 18.2. The Balaban J connectivity index is 1.42. The van der Waals surface area contributed by atoms with E-state index >= 15 is 0 Å². The summed E-state index contributed by atoms with van der Waals surface area (Å²) in [5.74, 6) is 0.0947. The zero-order valence-corrected chi connectivity index (χ0v) is 16.2. The summed E-state index contributed by atoms with van der Waals surface area (Å²) in [6, 6.07) is 12.0. The molecule has 1 fully saturated rings. The topological polar surface area (TPSA) is 66.7 Å². The van der Waals surface area contributed by atoms with E-state index in [2.05, 4.69) is 10.3 Å². The van der Waals surface area contributed by atoms with Crippen LogP contribution >= 0.6 is 0 Å². The largest absolute Gasteiger partial charge is 0.347 e. The molecule has 1 aliphatic rings. The van der Waals surface area contributed by atoms with Crippen molar-refractivity contribution in [2.24, 2.45) is 0 Å². The summed E-state index contributed by atoms with van der Waals surface area (Å²) in [5, 5.41) is 2.99. The fraction of sp³-hybridized carbons (Fsp3) is 0.318. The maximum absolute atomic E-state index is 12.7. The minimum atomic E-state index is -0.137. The first-order valence-electron chi connectivity index (χ1n) is 9.61. The Morgan fingerprint density at radius 2 is 1.89 bits per heavy atom. The first-order chi connectivity index (χ1) is 13.5. The second-order valence-electron chi connectivity index (χ2n) is 7.35. The Labute approximate surface area is 164 Å². The minimum absolute atomic E-state index is 0.137. The molecule has 0 unspecified atom stereocenters. The molecule has 4 rings (SSSR count). The van der Waals surface area contributed by atoms with Crippen molar-refractivity contribution < 1.29 is 9.59 Å². The van der Waals surface area contributed by atoms with Crippen molar-refractivity contribution in [2.75, 3.05) is 6.54 Å². The fourth-order valence-electron chi connectivity index (χ4n) is 3.71. The van der Waals surface area contributed by atoms with E-state index in [1.807, 2.05) is 65.7 Å². The van der Waals surface area contributed by atoms with Crippen molar-refractivity contribution in [3.05, 3.63) is 70.7 Å². The molecule has 0 saturated carbocycles. The summed E-state index contributed by atoms with van der Waals surface area (Å²) >= 11 is 0. The van der Waals surface area contributed by atoms with Crippen LogP contribution in [0.25, 0.3) is 5.65 Å². The number of imidazole rings is 1. The number of nitrogens with one attached hydrogen (secondary N) is 1. The van der Waals surface area contributed by atoms with Gasteiger partial charge in [-0.3, -0.25) is 14.0 Å². The molecule has 1 saturated heterocycles. The van der Waals surface area contributed by atoms with E-state index < -0.39 is 0 Å². The molecule has 1 N–H and O–H groups in total. The number of carbonyl (C=O) groups is 2. The molecule has 0 bridgehead atoms. The Bertz CT molecular complexity index is 1040. The molecule has 1 aliphatic heterocycles. The summed E-state index contributed by atoms with van der Waals surface area (Å²) in [6.07, 6.45) is 3.48. The van der Waals surface area contributed by atoms with Gasteiger partial charge >= 0.3 is 0 Å². The third kappa shape index (κ3) is 3.50. The van der Waals surface area contributed by atoms with Crippen LogP contribution in [0.15, 0.2) is 42.6 Å². The number of amides is 2. The van der Waals surface area contributed by atoms with Gasteiger partial charge in [-0.05, 0) is 43.0 Å². The molecule has 144 valence electrons. The number of fused-ring (bicyclic) bond motifs is 1. The summed E-state index contributed by atoms with van der Waals surface area (Å²) < 4.78 is 1.84.